The molecule has 204 valence electrons. The number of benzene rings is 3. The van der Waals surface area contributed by atoms with Crippen molar-refractivity contribution in [3.8, 4) is 0 Å². The summed E-state index contributed by atoms with van der Waals surface area (Å²) in [4.78, 5) is 8.51. The lowest BCUT2D eigenvalue weighted by Gasteiger charge is -2.36. The molecule has 0 bridgehead atoms. The molecule has 1 saturated heterocycles. The second-order valence-electron chi connectivity index (χ2n) is 9.93. The monoisotopic (exact) mass is 681 g/mol. The predicted octanol–water partition coefficient (Wildman–Crippen LogP) is 6.99. The van der Waals surface area contributed by atoms with E-state index in [1.807, 2.05) is 0 Å². The van der Waals surface area contributed by atoms with Crippen molar-refractivity contribution >= 4 is 69.1 Å². The Kier molecular flexibility index (Phi) is 8.80. The van der Waals surface area contributed by atoms with Crippen LogP contribution in [0, 0.1) is 3.57 Å². The van der Waals surface area contributed by atoms with Crippen LogP contribution in [-0.4, -0.2) is 33.5 Å². The summed E-state index contributed by atoms with van der Waals surface area (Å²) in [7, 11) is -0.446. The molecular weight excluding hydrogens is 652 g/mol. The van der Waals surface area contributed by atoms with Crippen molar-refractivity contribution in [1.82, 2.24) is 14.5 Å². The minimum atomic E-state index is -0.446. The van der Waals surface area contributed by atoms with Crippen LogP contribution < -0.4 is 15.9 Å². The van der Waals surface area contributed by atoms with Crippen molar-refractivity contribution in [2.45, 2.75) is 37.5 Å². The maximum Gasteiger partial charge on any atom is 0.168 e. The van der Waals surface area contributed by atoms with Crippen LogP contribution >= 0.6 is 42.1 Å². The van der Waals surface area contributed by atoms with E-state index in [9.17, 15) is 0 Å². The fraction of sp³-hybridized carbons (Fsp3) is 0.250. The Morgan fingerprint density at radius 2 is 1.27 bits per heavy atom. The smallest absolute Gasteiger partial charge is 0.168 e. The molecule has 0 atom stereocenters. The number of rotatable bonds is 4. The maximum atomic E-state index is 6.20. The van der Waals surface area contributed by atoms with E-state index in [-0.39, 0.29) is 5.79 Å². The van der Waals surface area contributed by atoms with Crippen LogP contribution in [0.3, 0.4) is 0 Å². The number of aromatic nitrogens is 3. The van der Waals surface area contributed by atoms with Gasteiger partial charge in [0.05, 0.1) is 18.6 Å². The molecule has 8 heteroatoms. The van der Waals surface area contributed by atoms with Crippen LogP contribution in [0.1, 0.15) is 31.7 Å². The topological polar surface area (TPSA) is 49.2 Å². The zero-order chi connectivity index (χ0) is 27.4. The van der Waals surface area contributed by atoms with E-state index in [0.29, 0.717) is 11.2 Å². The molecule has 1 aliphatic heterocycles. The summed E-state index contributed by atoms with van der Waals surface area (Å²) in [6.07, 6.45) is 7.60. The normalized spacial score (nSPS) is 16.8. The maximum absolute atomic E-state index is 6.20. The molecular formula is C32H30ClIN3O2P. The van der Waals surface area contributed by atoms with Crippen molar-refractivity contribution in [3.05, 3.63) is 112 Å². The van der Waals surface area contributed by atoms with Crippen molar-refractivity contribution < 1.29 is 9.47 Å². The van der Waals surface area contributed by atoms with Gasteiger partial charge in [-0.05, 0) is 59.3 Å². The Bertz CT molecular complexity index is 1440. The average molecular weight is 682 g/mol. The molecule has 1 spiro atoms. The lowest BCUT2D eigenvalue weighted by Crippen LogP contribution is -2.35. The van der Waals surface area contributed by atoms with Gasteiger partial charge in [-0.2, -0.15) is 0 Å². The highest BCUT2D eigenvalue weighted by Gasteiger charge is 2.41. The van der Waals surface area contributed by atoms with Crippen LogP contribution in [0.4, 0.5) is 0 Å². The zero-order valence-electron chi connectivity index (χ0n) is 22.0. The van der Waals surface area contributed by atoms with Gasteiger partial charge < -0.3 is 14.0 Å². The van der Waals surface area contributed by atoms with Gasteiger partial charge in [0.15, 0.2) is 5.79 Å². The highest BCUT2D eigenvalue weighted by atomic mass is 127. The van der Waals surface area contributed by atoms with Crippen molar-refractivity contribution in [2.24, 2.45) is 0 Å². The first-order valence-corrected chi connectivity index (χ1v) is 16.3. The molecule has 2 aliphatic rings. The summed E-state index contributed by atoms with van der Waals surface area (Å²) >= 11 is 8.50. The molecule has 2 aromatic heterocycles. The van der Waals surface area contributed by atoms with E-state index in [2.05, 4.69) is 134 Å². The van der Waals surface area contributed by atoms with Gasteiger partial charge in [0.1, 0.15) is 17.1 Å². The second-order valence-corrected chi connectivity index (χ2v) is 13.7. The third kappa shape index (κ3) is 5.97. The average Bonchev–Trinajstić information content (AvgIpc) is 3.60. The summed E-state index contributed by atoms with van der Waals surface area (Å²) in [5, 5.41) is 5.67. The van der Waals surface area contributed by atoms with Crippen LogP contribution in [0.25, 0.3) is 11.0 Å². The SMILES string of the molecule is Clc1ncnc2c1c(I)cn2C1CCC2(CC1)OCCO2.c1ccc(P(c2ccccc2)c2ccccc2)cc1. The van der Waals surface area contributed by atoms with Crippen molar-refractivity contribution in [2.75, 3.05) is 13.2 Å². The zero-order valence-corrected chi connectivity index (χ0v) is 25.8. The third-order valence-corrected chi connectivity index (χ3v) is 11.0. The summed E-state index contributed by atoms with van der Waals surface area (Å²) in [6.45, 7) is 1.44. The molecule has 1 saturated carbocycles. The van der Waals surface area contributed by atoms with Crippen molar-refractivity contribution in [3.63, 3.8) is 0 Å². The van der Waals surface area contributed by atoms with Gasteiger partial charge in [-0.25, -0.2) is 9.97 Å². The molecule has 3 aromatic carbocycles. The highest BCUT2D eigenvalue weighted by molar-refractivity contribution is 14.1. The lowest BCUT2D eigenvalue weighted by atomic mass is 9.90. The first kappa shape index (κ1) is 27.8. The molecule has 2 fully saturated rings. The first-order chi connectivity index (χ1) is 19.6. The van der Waals surface area contributed by atoms with Gasteiger partial charge in [-0.15, -0.1) is 0 Å². The van der Waals surface area contributed by atoms with Crippen molar-refractivity contribution in [1.29, 1.82) is 0 Å². The quantitative estimate of drug-likeness (QED) is 0.117. The van der Waals surface area contributed by atoms with E-state index < -0.39 is 7.92 Å². The Hall–Kier alpha value is -2.35. The minimum absolute atomic E-state index is 0.320. The minimum Gasteiger partial charge on any atom is -0.348 e. The van der Waals surface area contributed by atoms with Gasteiger partial charge in [0, 0.05) is 28.7 Å². The Labute approximate surface area is 254 Å². The highest BCUT2D eigenvalue weighted by Crippen LogP contribution is 2.42. The fourth-order valence-electron chi connectivity index (χ4n) is 5.57. The standard InChI is InChI=1S/C18H15P.C14H15ClIN3O2/c1-4-10-16(11-5-1)19(17-12-6-2-7-13-17)18-14-8-3-9-15-18;15-12-11-10(16)7-19(13(11)18-8-17-12)9-1-3-14(4-2-9)20-5-6-21-14/h1-15H;7-9H,1-6H2. The van der Waals surface area contributed by atoms with E-state index in [1.54, 1.807) is 0 Å². The molecule has 0 radical (unpaired) electrons. The Morgan fingerprint density at radius 3 is 1.77 bits per heavy atom. The fourth-order valence-corrected chi connectivity index (χ4v) is 9.06. The van der Waals surface area contributed by atoms with Crippen LogP contribution in [0.15, 0.2) is 104 Å². The number of ether oxygens (including phenoxy) is 2. The number of hydrogen-bond acceptors (Lipinski definition) is 4. The number of hydrogen-bond donors (Lipinski definition) is 0. The van der Waals surface area contributed by atoms with Crippen LogP contribution in [-0.2, 0) is 9.47 Å². The summed E-state index contributed by atoms with van der Waals surface area (Å²) in [5.41, 5.74) is 0.925. The number of nitrogens with zero attached hydrogens (tertiary/aromatic N) is 3. The second kappa shape index (κ2) is 12.7. The van der Waals surface area contributed by atoms with Gasteiger partial charge in [-0.3, -0.25) is 0 Å². The van der Waals surface area contributed by atoms with Gasteiger partial charge >= 0.3 is 0 Å². The Balaban J connectivity index is 0.000000145. The lowest BCUT2D eigenvalue weighted by molar-refractivity contribution is -0.181. The number of halogens is 2. The first-order valence-electron chi connectivity index (χ1n) is 13.5. The van der Waals surface area contributed by atoms with E-state index >= 15 is 0 Å². The molecule has 5 aromatic rings. The largest absolute Gasteiger partial charge is 0.348 e. The molecule has 3 heterocycles. The van der Waals surface area contributed by atoms with Gasteiger partial charge in [0.2, 0.25) is 0 Å². The van der Waals surface area contributed by atoms with Crippen LogP contribution in [0.2, 0.25) is 5.15 Å². The molecule has 5 nitrogen and oxygen atoms in total. The van der Waals surface area contributed by atoms with E-state index in [4.69, 9.17) is 21.1 Å². The molecule has 7 rings (SSSR count). The number of fused-ring (bicyclic) bond motifs is 1. The molecule has 0 N–H and O–H groups in total. The predicted molar refractivity (Wildman–Crippen MR) is 173 cm³/mol. The van der Waals surface area contributed by atoms with Crippen LogP contribution in [0.5, 0.6) is 0 Å². The Morgan fingerprint density at radius 1 is 0.775 bits per heavy atom. The molecule has 0 amide bonds. The van der Waals surface area contributed by atoms with E-state index in [1.165, 1.54) is 22.2 Å². The summed E-state index contributed by atoms with van der Waals surface area (Å²) < 4.78 is 14.9. The molecule has 1 aliphatic carbocycles. The summed E-state index contributed by atoms with van der Waals surface area (Å²) in [5.74, 6) is -0.320. The van der Waals surface area contributed by atoms with E-state index in [0.717, 1.165) is 53.5 Å². The molecule has 0 unspecified atom stereocenters. The summed E-state index contributed by atoms with van der Waals surface area (Å²) in [6, 6.07) is 32.7. The van der Waals surface area contributed by atoms with Gasteiger partial charge in [0.25, 0.3) is 0 Å². The molecule has 40 heavy (non-hydrogen) atoms. The third-order valence-electron chi connectivity index (χ3n) is 7.48. The van der Waals surface area contributed by atoms with Gasteiger partial charge in [-0.1, -0.05) is 103 Å².